The largest absolute Gasteiger partial charge is 0.495 e. The van der Waals surface area contributed by atoms with Crippen molar-refractivity contribution in [2.45, 2.75) is 12.5 Å². The number of carboxylic acid groups (broad SMARTS) is 1. The van der Waals surface area contributed by atoms with Gasteiger partial charge in [0.2, 0.25) is 0 Å². The van der Waals surface area contributed by atoms with Gasteiger partial charge in [-0.15, -0.1) is 0 Å². The molecule has 0 amide bonds. The number of Topliss-reactive ketones (excluding diaryl/α,β-unsaturated/α-hetero) is 1. The van der Waals surface area contributed by atoms with E-state index in [9.17, 15) is 14.7 Å². The van der Waals surface area contributed by atoms with Crippen LogP contribution in [0.25, 0.3) is 11.0 Å². The molecular weight excluding hydrogens is 396 g/mol. The number of nitrogens with zero attached hydrogens (tertiary/aromatic N) is 1. The number of benzene rings is 2. The zero-order chi connectivity index (χ0) is 22.0. The lowest BCUT2D eigenvalue weighted by atomic mass is 9.79. The average molecular weight is 416 g/mol. The van der Waals surface area contributed by atoms with Crippen molar-refractivity contribution >= 4 is 28.6 Å². The third-order valence-electron chi connectivity index (χ3n) is 5.19. The molecule has 0 aliphatic rings. The monoisotopic (exact) mass is 416 g/mol. The minimum absolute atomic E-state index is 0.0605. The summed E-state index contributed by atoms with van der Waals surface area (Å²) >= 11 is 0. The molecule has 2 heterocycles. The second kappa shape index (κ2) is 7.95. The number of anilines is 1. The number of aromatic carboxylic acids is 1. The first kappa shape index (κ1) is 20.2. The van der Waals surface area contributed by atoms with Gasteiger partial charge < -0.3 is 19.6 Å². The van der Waals surface area contributed by atoms with E-state index in [2.05, 4.69) is 10.3 Å². The number of rotatable bonds is 7. The van der Waals surface area contributed by atoms with Gasteiger partial charge in [0.05, 0.1) is 18.9 Å². The molecule has 1 unspecified atom stereocenters. The summed E-state index contributed by atoms with van der Waals surface area (Å²) in [6.07, 6.45) is 3.08. The van der Waals surface area contributed by atoms with E-state index >= 15 is 0 Å². The van der Waals surface area contributed by atoms with E-state index in [-0.39, 0.29) is 11.3 Å². The fourth-order valence-corrected chi connectivity index (χ4v) is 3.65. The number of furan rings is 1. The molecule has 0 bridgehead atoms. The first-order valence-corrected chi connectivity index (χ1v) is 9.55. The number of pyridine rings is 1. The molecule has 31 heavy (non-hydrogen) atoms. The first-order valence-electron chi connectivity index (χ1n) is 9.55. The number of carbonyl (C=O) groups excluding carboxylic acids is 1. The maximum absolute atomic E-state index is 13.2. The van der Waals surface area contributed by atoms with Crippen LogP contribution in [0.15, 0.2) is 77.5 Å². The standard InChI is InChI=1S/C24H20N2O5/c1-15(27)24(19-12-20(30-2)14-25-13-19,18-8-5-7-17(10-18)23(28)29)26-22-11-16-6-3-4-9-21(16)31-22/h3-14,26H,1-2H3,(H,28,29). The predicted molar refractivity (Wildman–Crippen MR) is 115 cm³/mol. The summed E-state index contributed by atoms with van der Waals surface area (Å²) in [5.74, 6) is -0.541. The van der Waals surface area contributed by atoms with E-state index in [4.69, 9.17) is 9.15 Å². The van der Waals surface area contributed by atoms with E-state index in [1.54, 1.807) is 30.5 Å². The molecule has 0 saturated heterocycles. The number of carboxylic acids is 1. The number of carbonyl (C=O) groups is 2. The molecule has 7 nitrogen and oxygen atoms in total. The molecule has 0 spiro atoms. The molecular formula is C24H20N2O5. The first-order chi connectivity index (χ1) is 14.9. The Bertz CT molecular complexity index is 1250. The van der Waals surface area contributed by atoms with E-state index in [0.29, 0.717) is 28.3 Å². The SMILES string of the molecule is COc1cncc(C(Nc2cc3ccccc3o2)(C(C)=O)c2cccc(C(=O)O)c2)c1. The second-order valence-corrected chi connectivity index (χ2v) is 7.08. The molecule has 4 rings (SSSR count). The average Bonchev–Trinajstić information content (AvgIpc) is 3.19. The number of hydrogen-bond donors (Lipinski definition) is 2. The van der Waals surface area contributed by atoms with Crippen molar-refractivity contribution in [3.8, 4) is 5.75 Å². The Balaban J connectivity index is 1.96. The van der Waals surface area contributed by atoms with Crippen LogP contribution in [0.5, 0.6) is 5.75 Å². The minimum Gasteiger partial charge on any atom is -0.495 e. The highest BCUT2D eigenvalue weighted by molar-refractivity contribution is 5.96. The summed E-state index contributed by atoms with van der Waals surface area (Å²) in [7, 11) is 1.51. The Morgan fingerprint density at radius 3 is 2.55 bits per heavy atom. The zero-order valence-corrected chi connectivity index (χ0v) is 17.0. The minimum atomic E-state index is -1.46. The van der Waals surface area contributed by atoms with Gasteiger partial charge in [0.25, 0.3) is 0 Å². The summed E-state index contributed by atoms with van der Waals surface area (Å²) in [6, 6.07) is 17.2. The molecule has 156 valence electrons. The van der Waals surface area contributed by atoms with Crippen LogP contribution in [0.2, 0.25) is 0 Å². The van der Waals surface area contributed by atoms with Crippen LogP contribution in [0.3, 0.4) is 0 Å². The van der Waals surface area contributed by atoms with Crippen molar-refractivity contribution in [1.29, 1.82) is 0 Å². The van der Waals surface area contributed by atoms with Crippen LogP contribution < -0.4 is 10.1 Å². The number of methoxy groups -OCH3 is 1. The van der Waals surface area contributed by atoms with Gasteiger partial charge in [-0.05, 0) is 36.8 Å². The number of para-hydroxylation sites is 1. The van der Waals surface area contributed by atoms with E-state index in [1.807, 2.05) is 24.3 Å². The van der Waals surface area contributed by atoms with Crippen molar-refractivity contribution in [1.82, 2.24) is 4.98 Å². The van der Waals surface area contributed by atoms with Crippen LogP contribution >= 0.6 is 0 Å². The highest BCUT2D eigenvalue weighted by Gasteiger charge is 2.41. The highest BCUT2D eigenvalue weighted by Crippen LogP contribution is 2.37. The normalized spacial score (nSPS) is 12.8. The Morgan fingerprint density at radius 1 is 1.03 bits per heavy atom. The predicted octanol–water partition coefficient (Wildman–Crippen LogP) is 4.48. The lowest BCUT2D eigenvalue weighted by Crippen LogP contribution is -2.43. The number of aromatic nitrogens is 1. The van der Waals surface area contributed by atoms with Crippen LogP contribution in [0.1, 0.15) is 28.4 Å². The molecule has 0 saturated carbocycles. The summed E-state index contributed by atoms with van der Waals surface area (Å²) < 4.78 is 11.2. The van der Waals surface area contributed by atoms with Gasteiger partial charge in [-0.2, -0.15) is 0 Å². The lowest BCUT2D eigenvalue weighted by Gasteiger charge is -2.33. The molecule has 4 aromatic rings. The van der Waals surface area contributed by atoms with E-state index in [0.717, 1.165) is 5.39 Å². The van der Waals surface area contributed by atoms with E-state index < -0.39 is 11.5 Å². The van der Waals surface area contributed by atoms with Crippen molar-refractivity contribution in [3.63, 3.8) is 0 Å². The van der Waals surface area contributed by atoms with Crippen molar-refractivity contribution in [3.05, 3.63) is 89.7 Å². The summed E-state index contributed by atoms with van der Waals surface area (Å²) in [6.45, 7) is 1.43. The topological polar surface area (TPSA) is 102 Å². The third-order valence-corrected chi connectivity index (χ3v) is 5.19. The number of hydrogen-bond acceptors (Lipinski definition) is 6. The summed E-state index contributed by atoms with van der Waals surface area (Å²) in [5, 5.41) is 13.6. The summed E-state index contributed by atoms with van der Waals surface area (Å²) in [5.41, 5.74) is 0.189. The summed E-state index contributed by atoms with van der Waals surface area (Å²) in [4.78, 5) is 29.1. The third kappa shape index (κ3) is 3.61. The molecule has 2 aromatic carbocycles. The molecule has 0 fully saturated rings. The molecule has 0 aliphatic heterocycles. The van der Waals surface area contributed by atoms with Crippen molar-refractivity contribution in [2.24, 2.45) is 0 Å². The number of ketones is 1. The molecule has 0 radical (unpaired) electrons. The molecule has 7 heteroatoms. The van der Waals surface area contributed by atoms with Gasteiger partial charge in [-0.1, -0.05) is 30.3 Å². The van der Waals surface area contributed by atoms with E-state index in [1.165, 1.54) is 32.4 Å². The smallest absolute Gasteiger partial charge is 0.335 e. The highest BCUT2D eigenvalue weighted by atomic mass is 16.5. The number of ether oxygens (including phenoxy) is 1. The Morgan fingerprint density at radius 2 is 1.84 bits per heavy atom. The van der Waals surface area contributed by atoms with Gasteiger partial charge in [0.1, 0.15) is 11.3 Å². The van der Waals surface area contributed by atoms with Crippen LogP contribution in [-0.2, 0) is 10.3 Å². The molecule has 2 aromatic heterocycles. The lowest BCUT2D eigenvalue weighted by molar-refractivity contribution is -0.120. The molecule has 1 atom stereocenters. The Kier molecular flexibility index (Phi) is 5.17. The maximum atomic E-state index is 13.2. The maximum Gasteiger partial charge on any atom is 0.335 e. The van der Waals surface area contributed by atoms with Crippen molar-refractivity contribution in [2.75, 3.05) is 12.4 Å². The van der Waals surface area contributed by atoms with Gasteiger partial charge in [0, 0.05) is 23.2 Å². The van der Waals surface area contributed by atoms with Gasteiger partial charge in [-0.25, -0.2) is 4.79 Å². The van der Waals surface area contributed by atoms with Gasteiger partial charge >= 0.3 is 5.97 Å². The Labute approximate surface area is 178 Å². The van der Waals surface area contributed by atoms with Crippen molar-refractivity contribution < 1.29 is 23.8 Å². The van der Waals surface area contributed by atoms with Crippen LogP contribution in [0, 0.1) is 0 Å². The fourth-order valence-electron chi connectivity index (χ4n) is 3.65. The zero-order valence-electron chi connectivity index (χ0n) is 17.0. The Hall–Kier alpha value is -4.13. The fraction of sp³-hybridized carbons (Fsp3) is 0.125. The van der Waals surface area contributed by atoms with Crippen LogP contribution in [-0.4, -0.2) is 29.0 Å². The molecule has 0 aliphatic carbocycles. The second-order valence-electron chi connectivity index (χ2n) is 7.08. The van der Waals surface area contributed by atoms with Crippen LogP contribution in [0.4, 0.5) is 5.88 Å². The molecule has 2 N–H and O–H groups in total. The van der Waals surface area contributed by atoms with Gasteiger partial charge in [-0.3, -0.25) is 9.78 Å². The van der Waals surface area contributed by atoms with Gasteiger partial charge in [0.15, 0.2) is 17.2 Å². The number of fused-ring (bicyclic) bond motifs is 1. The quantitative estimate of drug-likeness (QED) is 0.458. The number of nitrogens with one attached hydrogen (secondary N) is 1.